The Bertz CT molecular complexity index is 945. The minimum Gasteiger partial charge on any atom is -0.497 e. The van der Waals surface area contributed by atoms with Crippen molar-refractivity contribution in [1.29, 1.82) is 0 Å². The minimum absolute atomic E-state index is 0.208. The van der Waals surface area contributed by atoms with E-state index in [1.807, 2.05) is 0 Å². The summed E-state index contributed by atoms with van der Waals surface area (Å²) in [6.45, 7) is 1.74. The fourth-order valence-electron chi connectivity index (χ4n) is 2.31. The predicted molar refractivity (Wildman–Crippen MR) is 103 cm³/mol. The van der Waals surface area contributed by atoms with Crippen molar-refractivity contribution in [3.63, 3.8) is 0 Å². The molecule has 1 aromatic heterocycles. The number of benzene rings is 2. The number of methoxy groups -OCH3 is 1. The first-order valence-electron chi connectivity index (χ1n) is 8.06. The fraction of sp³-hybridized carbons (Fsp3) is 0.167. The van der Waals surface area contributed by atoms with Crippen molar-refractivity contribution in [1.82, 2.24) is 14.9 Å². The normalized spacial score (nSPS) is 11.8. The minimum atomic E-state index is -0.473. The quantitative estimate of drug-likeness (QED) is 0.499. The van der Waals surface area contributed by atoms with Gasteiger partial charge >= 0.3 is 0 Å². The molecule has 27 heavy (non-hydrogen) atoms. The molecule has 3 aromatic rings. The molecule has 1 atom stereocenters. The number of rotatable bonds is 6. The van der Waals surface area contributed by atoms with E-state index in [0.717, 1.165) is 11.8 Å². The number of halogens is 1. The third-order valence-electron chi connectivity index (χ3n) is 3.76. The maximum atomic E-state index is 13.4. The Morgan fingerprint density at radius 2 is 2.00 bits per heavy atom. The second kappa shape index (κ2) is 8.09. The molecule has 0 aliphatic carbocycles. The van der Waals surface area contributed by atoms with Gasteiger partial charge in [0.2, 0.25) is 11.1 Å². The lowest BCUT2D eigenvalue weighted by Crippen LogP contribution is -2.23. The van der Waals surface area contributed by atoms with E-state index < -0.39 is 11.1 Å². The second-order valence-electron chi connectivity index (χ2n) is 5.66. The number of nitrogens with two attached hydrogens (primary N) is 1. The molecule has 1 heterocycles. The largest absolute Gasteiger partial charge is 0.497 e. The average molecular weight is 387 g/mol. The zero-order valence-corrected chi connectivity index (χ0v) is 15.5. The summed E-state index contributed by atoms with van der Waals surface area (Å²) in [4.78, 5) is 12.4. The van der Waals surface area contributed by atoms with Crippen LogP contribution in [-0.4, -0.2) is 33.1 Å². The van der Waals surface area contributed by atoms with Gasteiger partial charge in [-0.1, -0.05) is 23.9 Å². The highest BCUT2D eigenvalue weighted by Gasteiger charge is 2.20. The van der Waals surface area contributed by atoms with Gasteiger partial charge in [0.05, 0.1) is 12.4 Å². The van der Waals surface area contributed by atoms with Gasteiger partial charge in [0.1, 0.15) is 11.6 Å². The lowest BCUT2D eigenvalue weighted by atomic mass is 10.2. The number of amides is 1. The molecule has 0 aliphatic heterocycles. The zero-order chi connectivity index (χ0) is 19.4. The number of nitrogens with zero attached hydrogens (tertiary/aromatic N) is 3. The van der Waals surface area contributed by atoms with Crippen molar-refractivity contribution in [2.45, 2.75) is 17.3 Å². The molecule has 3 N–H and O–H groups in total. The summed E-state index contributed by atoms with van der Waals surface area (Å²) in [6, 6.07) is 12.9. The summed E-state index contributed by atoms with van der Waals surface area (Å²) in [7, 11) is 1.58. The molecular formula is C18H18FN5O2S. The Morgan fingerprint density at radius 1 is 1.26 bits per heavy atom. The van der Waals surface area contributed by atoms with Gasteiger partial charge in [0.25, 0.3) is 0 Å². The SMILES string of the molecule is COc1ccc(NC(=O)[C@@H](C)Sc2nnc(-c3cccc(F)c3)n2N)cc1. The number of thioether (sulfide) groups is 1. The van der Waals surface area contributed by atoms with Crippen LogP contribution >= 0.6 is 11.8 Å². The number of anilines is 1. The number of hydrogen-bond acceptors (Lipinski definition) is 6. The van der Waals surface area contributed by atoms with Crippen LogP contribution in [0.2, 0.25) is 0 Å². The highest BCUT2D eigenvalue weighted by Crippen LogP contribution is 2.26. The van der Waals surface area contributed by atoms with Gasteiger partial charge in [-0.05, 0) is 43.3 Å². The third kappa shape index (κ3) is 4.37. The van der Waals surface area contributed by atoms with E-state index in [1.165, 1.54) is 16.8 Å². The highest BCUT2D eigenvalue weighted by atomic mass is 32.2. The first-order chi connectivity index (χ1) is 13.0. The first kappa shape index (κ1) is 18.7. The molecule has 0 bridgehead atoms. The smallest absolute Gasteiger partial charge is 0.237 e. The van der Waals surface area contributed by atoms with E-state index in [4.69, 9.17) is 10.6 Å². The molecule has 3 rings (SSSR count). The fourth-order valence-corrected chi connectivity index (χ4v) is 3.08. The maximum absolute atomic E-state index is 13.4. The van der Waals surface area contributed by atoms with Crippen LogP contribution in [-0.2, 0) is 4.79 Å². The van der Waals surface area contributed by atoms with Crippen LogP contribution in [0.15, 0.2) is 53.7 Å². The molecule has 0 aliphatic rings. The van der Waals surface area contributed by atoms with Gasteiger partial charge in [-0.15, -0.1) is 10.2 Å². The van der Waals surface area contributed by atoms with Gasteiger partial charge in [0, 0.05) is 11.3 Å². The number of hydrogen-bond donors (Lipinski definition) is 2. The molecule has 1 amide bonds. The molecule has 0 radical (unpaired) electrons. The summed E-state index contributed by atoms with van der Waals surface area (Å²) in [5.74, 6) is 6.45. The third-order valence-corrected chi connectivity index (χ3v) is 4.81. The summed E-state index contributed by atoms with van der Waals surface area (Å²) < 4.78 is 19.7. The maximum Gasteiger partial charge on any atom is 0.237 e. The number of aromatic nitrogens is 3. The molecule has 0 fully saturated rings. The second-order valence-corrected chi connectivity index (χ2v) is 6.97. The van der Waals surface area contributed by atoms with E-state index in [1.54, 1.807) is 50.4 Å². The van der Waals surface area contributed by atoms with Gasteiger partial charge in [0.15, 0.2) is 5.82 Å². The molecule has 0 spiro atoms. The number of ether oxygens (including phenoxy) is 1. The molecule has 140 valence electrons. The highest BCUT2D eigenvalue weighted by molar-refractivity contribution is 8.00. The Hall–Kier alpha value is -3.07. The summed E-state index contributed by atoms with van der Waals surface area (Å²) >= 11 is 1.16. The molecule has 0 saturated carbocycles. The number of carbonyl (C=O) groups is 1. The molecule has 7 nitrogen and oxygen atoms in total. The van der Waals surface area contributed by atoms with Crippen molar-refractivity contribution in [2.75, 3.05) is 18.3 Å². The topological polar surface area (TPSA) is 95.1 Å². The van der Waals surface area contributed by atoms with Crippen LogP contribution in [0.5, 0.6) is 5.75 Å². The molecular weight excluding hydrogens is 369 g/mol. The van der Waals surface area contributed by atoms with Crippen LogP contribution in [0.3, 0.4) is 0 Å². The van der Waals surface area contributed by atoms with E-state index in [0.29, 0.717) is 28.0 Å². The molecule has 0 saturated heterocycles. The lowest BCUT2D eigenvalue weighted by molar-refractivity contribution is -0.115. The van der Waals surface area contributed by atoms with Crippen molar-refractivity contribution in [3.05, 3.63) is 54.3 Å². The van der Waals surface area contributed by atoms with Crippen LogP contribution in [0, 0.1) is 5.82 Å². The van der Waals surface area contributed by atoms with Gasteiger partial charge in [-0.3, -0.25) is 4.79 Å². The molecule has 2 aromatic carbocycles. The van der Waals surface area contributed by atoms with Crippen molar-refractivity contribution in [2.24, 2.45) is 0 Å². The first-order valence-corrected chi connectivity index (χ1v) is 8.94. The Kier molecular flexibility index (Phi) is 5.60. The molecule has 9 heteroatoms. The van der Waals surface area contributed by atoms with E-state index in [9.17, 15) is 9.18 Å². The van der Waals surface area contributed by atoms with Crippen molar-refractivity contribution >= 4 is 23.4 Å². The van der Waals surface area contributed by atoms with Crippen LogP contribution in [0.25, 0.3) is 11.4 Å². The van der Waals surface area contributed by atoms with Crippen LogP contribution in [0.1, 0.15) is 6.92 Å². The Labute approximate surface area is 159 Å². The predicted octanol–water partition coefficient (Wildman–Crippen LogP) is 2.93. The number of nitrogens with one attached hydrogen (secondary N) is 1. The molecule has 0 unspecified atom stereocenters. The van der Waals surface area contributed by atoms with Crippen LogP contribution < -0.4 is 15.9 Å². The summed E-state index contributed by atoms with van der Waals surface area (Å²) in [5.41, 5.74) is 1.16. The number of carbonyl (C=O) groups excluding carboxylic acids is 1. The zero-order valence-electron chi connectivity index (χ0n) is 14.7. The van der Waals surface area contributed by atoms with Crippen molar-refractivity contribution < 1.29 is 13.9 Å². The standard InChI is InChI=1S/C18H18FN5O2S/c1-11(17(25)21-14-6-8-15(26-2)9-7-14)27-18-23-22-16(24(18)20)12-4-3-5-13(19)10-12/h3-11H,20H2,1-2H3,(H,21,25)/t11-/m1/s1. The van der Waals surface area contributed by atoms with Gasteiger partial charge < -0.3 is 15.9 Å². The van der Waals surface area contributed by atoms with Gasteiger partial charge in [-0.2, -0.15) is 0 Å². The summed E-state index contributed by atoms with van der Waals surface area (Å²) in [5, 5.41) is 10.7. The van der Waals surface area contributed by atoms with E-state index in [2.05, 4.69) is 15.5 Å². The van der Waals surface area contributed by atoms with Gasteiger partial charge in [-0.25, -0.2) is 9.07 Å². The van der Waals surface area contributed by atoms with Crippen LogP contribution in [0.4, 0.5) is 10.1 Å². The number of nitrogen functional groups attached to an aromatic ring is 1. The average Bonchev–Trinajstić information content (AvgIpc) is 3.02. The lowest BCUT2D eigenvalue weighted by Gasteiger charge is -2.12. The van der Waals surface area contributed by atoms with Crippen molar-refractivity contribution in [3.8, 4) is 17.1 Å². The Morgan fingerprint density at radius 3 is 2.67 bits per heavy atom. The monoisotopic (exact) mass is 387 g/mol. The van der Waals surface area contributed by atoms with E-state index >= 15 is 0 Å². The Balaban J connectivity index is 1.68. The summed E-state index contributed by atoms with van der Waals surface area (Å²) in [6.07, 6.45) is 0. The van der Waals surface area contributed by atoms with E-state index in [-0.39, 0.29) is 5.91 Å².